The SMILES string of the molecule is SCNc1cccc2ccccc12. The van der Waals surface area contributed by atoms with Crippen LogP contribution in [-0.2, 0) is 0 Å². The standard InChI is InChI=1S/C11H11NS/c13-8-12-11-7-3-5-9-4-1-2-6-10(9)11/h1-7,12-13H,8H2. The van der Waals surface area contributed by atoms with E-state index in [1.54, 1.807) is 0 Å². The summed E-state index contributed by atoms with van der Waals surface area (Å²) >= 11 is 4.15. The highest BCUT2D eigenvalue weighted by Crippen LogP contribution is 2.22. The third-order valence-corrected chi connectivity index (χ3v) is 2.22. The molecule has 0 aliphatic rings. The summed E-state index contributed by atoms with van der Waals surface area (Å²) in [5.41, 5.74) is 1.15. The summed E-state index contributed by atoms with van der Waals surface area (Å²) in [6.45, 7) is 0. The molecule has 13 heavy (non-hydrogen) atoms. The van der Waals surface area contributed by atoms with Crippen LogP contribution in [0.4, 0.5) is 5.69 Å². The summed E-state index contributed by atoms with van der Waals surface area (Å²) in [5.74, 6) is 0.661. The lowest BCUT2D eigenvalue weighted by atomic mass is 10.1. The largest absolute Gasteiger partial charge is 0.376 e. The lowest BCUT2D eigenvalue weighted by Crippen LogP contribution is -1.94. The molecule has 0 spiro atoms. The minimum Gasteiger partial charge on any atom is -0.376 e. The third-order valence-electron chi connectivity index (χ3n) is 2.06. The van der Waals surface area contributed by atoms with E-state index < -0.39 is 0 Å². The number of nitrogens with one attached hydrogen (secondary N) is 1. The van der Waals surface area contributed by atoms with Gasteiger partial charge in [-0.15, -0.1) is 0 Å². The Labute approximate surface area is 83.2 Å². The first kappa shape index (κ1) is 8.45. The van der Waals surface area contributed by atoms with Crippen molar-refractivity contribution in [2.24, 2.45) is 0 Å². The van der Waals surface area contributed by atoms with Crippen LogP contribution >= 0.6 is 12.6 Å². The molecule has 0 saturated heterocycles. The molecule has 0 bridgehead atoms. The molecule has 2 aromatic carbocycles. The fourth-order valence-electron chi connectivity index (χ4n) is 1.46. The van der Waals surface area contributed by atoms with E-state index >= 15 is 0 Å². The summed E-state index contributed by atoms with van der Waals surface area (Å²) in [5, 5.41) is 5.72. The average Bonchev–Trinajstić information content (AvgIpc) is 2.19. The maximum atomic E-state index is 4.15. The fourth-order valence-corrected chi connectivity index (χ4v) is 1.64. The van der Waals surface area contributed by atoms with E-state index in [0.717, 1.165) is 5.69 Å². The Kier molecular flexibility index (Phi) is 2.41. The zero-order chi connectivity index (χ0) is 9.10. The zero-order valence-electron chi connectivity index (χ0n) is 7.20. The van der Waals surface area contributed by atoms with Gasteiger partial charge in [0.1, 0.15) is 0 Å². The van der Waals surface area contributed by atoms with Crippen LogP contribution in [-0.4, -0.2) is 5.88 Å². The van der Waals surface area contributed by atoms with Crippen LogP contribution in [0.5, 0.6) is 0 Å². The highest BCUT2D eigenvalue weighted by Gasteiger charge is 1.96. The Morgan fingerprint density at radius 1 is 1.00 bits per heavy atom. The Morgan fingerprint density at radius 3 is 2.62 bits per heavy atom. The number of anilines is 1. The predicted molar refractivity (Wildman–Crippen MR) is 61.4 cm³/mol. The summed E-state index contributed by atoms with van der Waals surface area (Å²) < 4.78 is 0. The molecule has 0 radical (unpaired) electrons. The summed E-state index contributed by atoms with van der Waals surface area (Å²) in [6.07, 6.45) is 0. The van der Waals surface area contributed by atoms with E-state index in [1.165, 1.54) is 10.8 Å². The lowest BCUT2D eigenvalue weighted by Gasteiger charge is -2.06. The van der Waals surface area contributed by atoms with Crippen LogP contribution in [0.25, 0.3) is 10.8 Å². The molecular formula is C11H11NS. The second-order valence-electron chi connectivity index (χ2n) is 2.86. The van der Waals surface area contributed by atoms with Crippen LogP contribution in [0.3, 0.4) is 0 Å². The molecule has 0 aromatic heterocycles. The maximum Gasteiger partial charge on any atom is 0.0581 e. The Bertz CT molecular complexity index is 406. The number of fused-ring (bicyclic) bond motifs is 1. The smallest absolute Gasteiger partial charge is 0.0581 e. The van der Waals surface area contributed by atoms with Crippen molar-refractivity contribution >= 4 is 29.1 Å². The van der Waals surface area contributed by atoms with E-state index in [0.29, 0.717) is 5.88 Å². The minimum atomic E-state index is 0.661. The number of hydrogen-bond donors (Lipinski definition) is 2. The highest BCUT2D eigenvalue weighted by molar-refractivity contribution is 7.80. The van der Waals surface area contributed by atoms with Gasteiger partial charge in [-0.1, -0.05) is 36.4 Å². The van der Waals surface area contributed by atoms with E-state index in [4.69, 9.17) is 0 Å². The van der Waals surface area contributed by atoms with Crippen molar-refractivity contribution in [3.8, 4) is 0 Å². The van der Waals surface area contributed by atoms with E-state index in [1.807, 2.05) is 18.2 Å². The van der Waals surface area contributed by atoms with Gasteiger partial charge in [0.25, 0.3) is 0 Å². The van der Waals surface area contributed by atoms with Crippen LogP contribution < -0.4 is 5.32 Å². The number of thiol groups is 1. The molecule has 1 nitrogen and oxygen atoms in total. The molecule has 0 unspecified atom stereocenters. The van der Waals surface area contributed by atoms with Crippen molar-refractivity contribution in [3.05, 3.63) is 42.5 Å². The third kappa shape index (κ3) is 1.63. The first-order valence-corrected chi connectivity index (χ1v) is 4.87. The van der Waals surface area contributed by atoms with Gasteiger partial charge in [0.15, 0.2) is 0 Å². The highest BCUT2D eigenvalue weighted by atomic mass is 32.1. The van der Waals surface area contributed by atoms with Gasteiger partial charge in [-0.3, -0.25) is 0 Å². The summed E-state index contributed by atoms with van der Waals surface area (Å²) in [7, 11) is 0. The monoisotopic (exact) mass is 189 g/mol. The average molecular weight is 189 g/mol. The molecule has 0 fully saturated rings. The van der Waals surface area contributed by atoms with Crippen LogP contribution in [0.15, 0.2) is 42.5 Å². The summed E-state index contributed by atoms with van der Waals surface area (Å²) in [4.78, 5) is 0. The second kappa shape index (κ2) is 3.71. The van der Waals surface area contributed by atoms with Crippen molar-refractivity contribution in [1.82, 2.24) is 0 Å². The molecule has 2 rings (SSSR count). The molecule has 1 N–H and O–H groups in total. The molecule has 0 amide bonds. The van der Waals surface area contributed by atoms with Crippen LogP contribution in [0.2, 0.25) is 0 Å². The predicted octanol–water partition coefficient (Wildman–Crippen LogP) is 3.14. The lowest BCUT2D eigenvalue weighted by molar-refractivity contribution is 1.50. The van der Waals surface area contributed by atoms with Crippen molar-refractivity contribution in [3.63, 3.8) is 0 Å². The van der Waals surface area contributed by atoms with E-state index in [9.17, 15) is 0 Å². The van der Waals surface area contributed by atoms with Crippen molar-refractivity contribution in [1.29, 1.82) is 0 Å². The molecule has 0 aliphatic carbocycles. The van der Waals surface area contributed by atoms with Crippen LogP contribution in [0.1, 0.15) is 0 Å². The van der Waals surface area contributed by atoms with Gasteiger partial charge in [-0.05, 0) is 11.5 Å². The number of hydrogen-bond acceptors (Lipinski definition) is 2. The van der Waals surface area contributed by atoms with Gasteiger partial charge in [0, 0.05) is 11.1 Å². The fraction of sp³-hybridized carbons (Fsp3) is 0.0909. The quantitative estimate of drug-likeness (QED) is 0.546. The Balaban J connectivity index is 2.61. The van der Waals surface area contributed by atoms with Crippen molar-refractivity contribution < 1.29 is 0 Å². The zero-order valence-corrected chi connectivity index (χ0v) is 8.09. The van der Waals surface area contributed by atoms with Gasteiger partial charge in [0.2, 0.25) is 0 Å². The molecule has 2 heteroatoms. The van der Waals surface area contributed by atoms with Crippen molar-refractivity contribution in [2.75, 3.05) is 11.2 Å². The van der Waals surface area contributed by atoms with Gasteiger partial charge in [0.05, 0.1) is 5.88 Å². The van der Waals surface area contributed by atoms with E-state index in [-0.39, 0.29) is 0 Å². The molecule has 2 aromatic rings. The second-order valence-corrected chi connectivity index (χ2v) is 3.18. The van der Waals surface area contributed by atoms with Crippen molar-refractivity contribution in [2.45, 2.75) is 0 Å². The van der Waals surface area contributed by atoms with Gasteiger partial charge >= 0.3 is 0 Å². The molecule has 0 aliphatic heterocycles. The van der Waals surface area contributed by atoms with Crippen LogP contribution in [0, 0.1) is 0 Å². The van der Waals surface area contributed by atoms with Gasteiger partial charge in [-0.25, -0.2) is 0 Å². The normalized spacial score (nSPS) is 10.2. The topological polar surface area (TPSA) is 12.0 Å². The minimum absolute atomic E-state index is 0.661. The van der Waals surface area contributed by atoms with Gasteiger partial charge < -0.3 is 5.32 Å². The molecular weight excluding hydrogens is 178 g/mol. The maximum absolute atomic E-state index is 4.15. The Hall–Kier alpha value is -1.15. The Morgan fingerprint density at radius 2 is 1.77 bits per heavy atom. The molecule has 0 heterocycles. The number of benzene rings is 2. The summed E-state index contributed by atoms with van der Waals surface area (Å²) in [6, 6.07) is 14.5. The molecule has 0 saturated carbocycles. The van der Waals surface area contributed by atoms with E-state index in [2.05, 4.69) is 42.2 Å². The molecule has 66 valence electrons. The number of rotatable bonds is 2. The molecule has 0 atom stereocenters. The first-order valence-electron chi connectivity index (χ1n) is 4.24. The van der Waals surface area contributed by atoms with Gasteiger partial charge in [-0.2, -0.15) is 12.6 Å². The first-order chi connectivity index (χ1) is 6.42.